The van der Waals surface area contributed by atoms with E-state index in [9.17, 15) is 4.79 Å². The molecule has 3 rings (SSSR count). The van der Waals surface area contributed by atoms with E-state index >= 15 is 0 Å². The number of rotatable bonds is 4. The Balaban J connectivity index is 1.65. The topological polar surface area (TPSA) is 47.9 Å². The molecule has 0 bridgehead atoms. The van der Waals surface area contributed by atoms with Crippen molar-refractivity contribution in [3.63, 3.8) is 0 Å². The summed E-state index contributed by atoms with van der Waals surface area (Å²) < 4.78 is 1.01. The van der Waals surface area contributed by atoms with Gasteiger partial charge in [0.25, 0.3) is 0 Å². The Morgan fingerprint density at radius 3 is 2.88 bits per heavy atom. The number of benzene rings is 1. The lowest BCUT2D eigenvalue weighted by Gasteiger charge is -2.35. The highest BCUT2D eigenvalue weighted by atomic mass is 35.5. The molecule has 1 amide bonds. The van der Waals surface area contributed by atoms with Gasteiger partial charge in [-0.3, -0.25) is 9.79 Å². The van der Waals surface area contributed by atoms with Gasteiger partial charge < -0.3 is 15.1 Å². The SMILES string of the molecule is CN1CCN(c2ccc(Cl)cc2NC(=O)CSC2=NCCS2)CC1. The van der Waals surface area contributed by atoms with Gasteiger partial charge in [0.05, 0.1) is 23.7 Å². The Labute approximate surface area is 156 Å². The first-order chi connectivity index (χ1) is 11.6. The number of nitrogens with one attached hydrogen (secondary N) is 1. The van der Waals surface area contributed by atoms with Gasteiger partial charge in [0.2, 0.25) is 5.91 Å². The number of likely N-dealkylation sites (N-methyl/N-ethyl adjacent to an activating group) is 1. The fraction of sp³-hybridized carbons (Fsp3) is 0.500. The van der Waals surface area contributed by atoms with Crippen molar-refractivity contribution in [3.05, 3.63) is 23.2 Å². The van der Waals surface area contributed by atoms with Gasteiger partial charge >= 0.3 is 0 Å². The summed E-state index contributed by atoms with van der Waals surface area (Å²) in [4.78, 5) is 21.3. The largest absolute Gasteiger partial charge is 0.367 e. The third-order valence-corrected chi connectivity index (χ3v) is 6.45. The number of nitrogens with zero attached hydrogens (tertiary/aromatic N) is 3. The van der Waals surface area contributed by atoms with Gasteiger partial charge in [0.1, 0.15) is 4.38 Å². The molecule has 1 aromatic carbocycles. The number of carbonyl (C=O) groups excluding carboxylic acids is 1. The molecule has 0 spiro atoms. The molecule has 8 heteroatoms. The lowest BCUT2D eigenvalue weighted by molar-refractivity contribution is -0.113. The van der Waals surface area contributed by atoms with Crippen LogP contribution in [0.15, 0.2) is 23.2 Å². The van der Waals surface area contributed by atoms with E-state index in [1.54, 1.807) is 11.8 Å². The quantitative estimate of drug-likeness (QED) is 0.864. The molecule has 0 aromatic heterocycles. The number of carbonyl (C=O) groups is 1. The lowest BCUT2D eigenvalue weighted by atomic mass is 10.2. The van der Waals surface area contributed by atoms with Crippen LogP contribution in [0.5, 0.6) is 0 Å². The summed E-state index contributed by atoms with van der Waals surface area (Å²) in [5.74, 6) is 1.37. The molecule has 2 heterocycles. The highest BCUT2D eigenvalue weighted by molar-refractivity contribution is 8.39. The van der Waals surface area contributed by atoms with Crippen LogP contribution < -0.4 is 10.2 Å². The summed E-state index contributed by atoms with van der Waals surface area (Å²) in [5.41, 5.74) is 1.83. The van der Waals surface area contributed by atoms with Gasteiger partial charge in [-0.05, 0) is 25.2 Å². The maximum atomic E-state index is 12.3. The van der Waals surface area contributed by atoms with E-state index in [0.29, 0.717) is 10.8 Å². The van der Waals surface area contributed by atoms with E-state index in [0.717, 1.165) is 54.2 Å². The van der Waals surface area contributed by atoms with Crippen LogP contribution in [-0.2, 0) is 4.79 Å². The first kappa shape index (κ1) is 17.9. The van der Waals surface area contributed by atoms with Gasteiger partial charge in [0, 0.05) is 37.0 Å². The molecule has 24 heavy (non-hydrogen) atoms. The minimum absolute atomic E-state index is 0.0205. The van der Waals surface area contributed by atoms with Crippen molar-refractivity contribution in [2.45, 2.75) is 0 Å². The average molecular weight is 385 g/mol. The summed E-state index contributed by atoms with van der Waals surface area (Å²) in [6, 6.07) is 5.70. The van der Waals surface area contributed by atoms with Crippen molar-refractivity contribution in [1.29, 1.82) is 0 Å². The normalized spacial score (nSPS) is 18.6. The molecule has 2 aliphatic rings. The summed E-state index contributed by atoms with van der Waals surface area (Å²) in [6.07, 6.45) is 0. The average Bonchev–Trinajstić information content (AvgIpc) is 3.08. The molecule has 2 aliphatic heterocycles. The van der Waals surface area contributed by atoms with Crippen molar-refractivity contribution >= 4 is 56.8 Å². The molecule has 5 nitrogen and oxygen atoms in total. The zero-order valence-electron chi connectivity index (χ0n) is 13.6. The zero-order chi connectivity index (χ0) is 16.9. The maximum absolute atomic E-state index is 12.3. The number of halogens is 1. The molecule has 0 aliphatic carbocycles. The van der Waals surface area contributed by atoms with Gasteiger partial charge in [-0.1, -0.05) is 35.1 Å². The van der Waals surface area contributed by atoms with Gasteiger partial charge in [-0.2, -0.15) is 0 Å². The minimum atomic E-state index is -0.0205. The van der Waals surface area contributed by atoms with Crippen LogP contribution in [0.3, 0.4) is 0 Å². The number of thioether (sulfide) groups is 2. The van der Waals surface area contributed by atoms with Gasteiger partial charge in [0.15, 0.2) is 0 Å². The van der Waals surface area contributed by atoms with Gasteiger partial charge in [-0.25, -0.2) is 0 Å². The van der Waals surface area contributed by atoms with Crippen LogP contribution in [-0.4, -0.2) is 66.5 Å². The molecular weight excluding hydrogens is 364 g/mol. The standard InChI is InChI=1S/C16H21ClN4OS2/c1-20-5-7-21(8-6-20)14-3-2-12(17)10-13(14)19-15(22)11-24-16-18-4-9-23-16/h2-3,10H,4-9,11H2,1H3,(H,19,22). The fourth-order valence-electron chi connectivity index (χ4n) is 2.65. The van der Waals surface area contributed by atoms with E-state index in [1.165, 1.54) is 11.8 Å². The predicted molar refractivity (Wildman–Crippen MR) is 107 cm³/mol. The Kier molecular flexibility index (Phi) is 6.32. The first-order valence-electron chi connectivity index (χ1n) is 7.95. The number of anilines is 2. The third kappa shape index (κ3) is 4.81. The monoisotopic (exact) mass is 384 g/mol. The molecule has 1 fully saturated rings. The van der Waals surface area contributed by atoms with E-state index in [2.05, 4.69) is 27.2 Å². The molecular formula is C16H21ClN4OS2. The van der Waals surface area contributed by atoms with Crippen molar-refractivity contribution < 1.29 is 4.79 Å². The van der Waals surface area contributed by atoms with E-state index < -0.39 is 0 Å². The summed E-state index contributed by atoms with van der Waals surface area (Å²) >= 11 is 9.36. The number of amides is 1. The number of hydrogen-bond acceptors (Lipinski definition) is 6. The van der Waals surface area contributed by atoms with Gasteiger partial charge in [-0.15, -0.1) is 0 Å². The number of piperazine rings is 1. The van der Waals surface area contributed by atoms with E-state index in [-0.39, 0.29) is 5.91 Å². The Morgan fingerprint density at radius 1 is 1.38 bits per heavy atom. The number of aliphatic imine (C=N–C) groups is 1. The van der Waals surface area contributed by atoms with Crippen LogP contribution in [0, 0.1) is 0 Å². The smallest absolute Gasteiger partial charge is 0.234 e. The second-order valence-electron chi connectivity index (χ2n) is 5.78. The first-order valence-corrected chi connectivity index (χ1v) is 10.3. The molecule has 0 atom stereocenters. The van der Waals surface area contributed by atoms with Crippen LogP contribution in [0.4, 0.5) is 11.4 Å². The molecule has 0 saturated carbocycles. The molecule has 1 aromatic rings. The lowest BCUT2D eigenvalue weighted by Crippen LogP contribution is -2.44. The third-order valence-electron chi connectivity index (χ3n) is 3.96. The van der Waals surface area contributed by atoms with E-state index in [1.807, 2.05) is 18.2 Å². The van der Waals surface area contributed by atoms with Crippen LogP contribution in [0.2, 0.25) is 5.02 Å². The Bertz CT molecular complexity index is 633. The molecule has 0 unspecified atom stereocenters. The minimum Gasteiger partial charge on any atom is -0.367 e. The highest BCUT2D eigenvalue weighted by Gasteiger charge is 2.19. The number of hydrogen-bond donors (Lipinski definition) is 1. The van der Waals surface area contributed by atoms with Crippen LogP contribution in [0.25, 0.3) is 0 Å². The molecule has 1 N–H and O–H groups in total. The molecule has 1 saturated heterocycles. The summed E-state index contributed by atoms with van der Waals surface area (Å²) in [7, 11) is 2.13. The predicted octanol–water partition coefficient (Wildman–Crippen LogP) is 2.87. The fourth-order valence-corrected chi connectivity index (χ4v) is 4.63. The molecule has 130 valence electrons. The van der Waals surface area contributed by atoms with Crippen molar-refractivity contribution in [3.8, 4) is 0 Å². The molecule has 0 radical (unpaired) electrons. The Hall–Kier alpha value is -0.890. The van der Waals surface area contributed by atoms with Crippen LogP contribution >= 0.6 is 35.1 Å². The van der Waals surface area contributed by atoms with Crippen molar-refractivity contribution in [2.24, 2.45) is 4.99 Å². The van der Waals surface area contributed by atoms with Crippen LogP contribution in [0.1, 0.15) is 0 Å². The summed E-state index contributed by atoms with van der Waals surface area (Å²) in [6.45, 7) is 4.79. The van der Waals surface area contributed by atoms with E-state index in [4.69, 9.17) is 11.6 Å². The Morgan fingerprint density at radius 2 is 2.17 bits per heavy atom. The maximum Gasteiger partial charge on any atom is 0.234 e. The zero-order valence-corrected chi connectivity index (χ0v) is 16.0. The summed E-state index contributed by atoms with van der Waals surface area (Å²) in [5, 5.41) is 3.65. The second-order valence-corrected chi connectivity index (χ2v) is 8.53. The van der Waals surface area contributed by atoms with Crippen molar-refractivity contribution in [1.82, 2.24) is 4.90 Å². The second kappa shape index (κ2) is 8.47. The highest BCUT2D eigenvalue weighted by Crippen LogP contribution is 2.30. The van der Waals surface area contributed by atoms with Crippen molar-refractivity contribution in [2.75, 3.05) is 61.5 Å².